The maximum absolute atomic E-state index is 4.76. The van der Waals surface area contributed by atoms with Crippen molar-refractivity contribution >= 4 is 11.0 Å². The molecule has 1 fully saturated rings. The second kappa shape index (κ2) is 5.11. The molecule has 96 valence electrons. The van der Waals surface area contributed by atoms with Gasteiger partial charge in [0.15, 0.2) is 0 Å². The number of hydrogen-bond acceptors (Lipinski definition) is 2. The van der Waals surface area contributed by atoms with Gasteiger partial charge in [0, 0.05) is 7.05 Å². The molecule has 2 aromatic rings. The first-order chi connectivity index (χ1) is 8.84. The molecule has 1 saturated heterocycles. The zero-order chi connectivity index (χ0) is 12.4. The van der Waals surface area contributed by atoms with Gasteiger partial charge in [-0.2, -0.15) is 0 Å². The molecule has 1 aliphatic heterocycles. The third-order valence-corrected chi connectivity index (χ3v) is 3.94. The van der Waals surface area contributed by atoms with Crippen molar-refractivity contribution in [3.63, 3.8) is 0 Å². The number of para-hydroxylation sites is 2. The Kier molecular flexibility index (Phi) is 3.33. The molecule has 2 heterocycles. The van der Waals surface area contributed by atoms with Crippen LogP contribution in [-0.2, 0) is 13.6 Å². The normalized spacial score (nSPS) is 18.1. The second-order valence-corrected chi connectivity index (χ2v) is 5.27. The number of hydrogen-bond donors (Lipinski definition) is 0. The van der Waals surface area contributed by atoms with Crippen LogP contribution < -0.4 is 0 Å². The minimum Gasteiger partial charge on any atom is -0.330 e. The molecule has 0 saturated carbocycles. The summed E-state index contributed by atoms with van der Waals surface area (Å²) in [5.41, 5.74) is 2.35. The van der Waals surface area contributed by atoms with Crippen LogP contribution in [0.5, 0.6) is 0 Å². The molecular weight excluding hydrogens is 222 g/mol. The van der Waals surface area contributed by atoms with Crippen molar-refractivity contribution in [3.05, 3.63) is 30.1 Å². The quantitative estimate of drug-likeness (QED) is 0.808. The number of aryl methyl sites for hydroxylation is 1. The summed E-state index contributed by atoms with van der Waals surface area (Å²) in [5.74, 6) is 1.19. The van der Waals surface area contributed by atoms with Gasteiger partial charge in [0.2, 0.25) is 0 Å². The van der Waals surface area contributed by atoms with E-state index in [0.29, 0.717) is 0 Å². The van der Waals surface area contributed by atoms with Crippen molar-refractivity contribution in [1.29, 1.82) is 0 Å². The highest BCUT2D eigenvalue weighted by atomic mass is 15.2. The Bertz CT molecular complexity index is 522. The number of benzene rings is 1. The van der Waals surface area contributed by atoms with Gasteiger partial charge in [0.1, 0.15) is 5.82 Å². The molecule has 0 atom stereocenters. The van der Waals surface area contributed by atoms with Crippen molar-refractivity contribution in [3.8, 4) is 0 Å². The fraction of sp³-hybridized carbons (Fsp3) is 0.533. The van der Waals surface area contributed by atoms with Crippen molar-refractivity contribution in [2.75, 3.05) is 13.1 Å². The van der Waals surface area contributed by atoms with Crippen molar-refractivity contribution < 1.29 is 0 Å². The van der Waals surface area contributed by atoms with Crippen LogP contribution in [0.3, 0.4) is 0 Å². The zero-order valence-corrected chi connectivity index (χ0v) is 11.1. The highest BCUT2D eigenvalue weighted by molar-refractivity contribution is 5.75. The molecule has 1 aromatic heterocycles. The molecule has 0 spiro atoms. The molecular formula is C15H21N3. The fourth-order valence-electron chi connectivity index (χ4n) is 2.83. The van der Waals surface area contributed by atoms with E-state index in [4.69, 9.17) is 4.98 Å². The lowest BCUT2D eigenvalue weighted by molar-refractivity contribution is 0.268. The van der Waals surface area contributed by atoms with E-state index < -0.39 is 0 Å². The molecule has 0 bridgehead atoms. The van der Waals surface area contributed by atoms with Crippen LogP contribution in [0.4, 0.5) is 0 Å². The number of aromatic nitrogens is 2. The molecule has 0 aliphatic carbocycles. The summed E-state index contributed by atoms with van der Waals surface area (Å²) in [4.78, 5) is 7.31. The van der Waals surface area contributed by atoms with Crippen LogP contribution in [0, 0.1) is 0 Å². The molecule has 0 radical (unpaired) electrons. The van der Waals surface area contributed by atoms with Crippen molar-refractivity contribution in [2.45, 2.75) is 32.2 Å². The summed E-state index contributed by atoms with van der Waals surface area (Å²) in [6, 6.07) is 8.39. The van der Waals surface area contributed by atoms with Crippen molar-refractivity contribution in [1.82, 2.24) is 14.5 Å². The Morgan fingerprint density at radius 1 is 1.06 bits per heavy atom. The molecule has 18 heavy (non-hydrogen) atoms. The average molecular weight is 243 g/mol. The van der Waals surface area contributed by atoms with Gasteiger partial charge in [-0.05, 0) is 38.1 Å². The molecule has 0 unspecified atom stereocenters. The predicted molar refractivity (Wildman–Crippen MR) is 74.5 cm³/mol. The number of rotatable bonds is 2. The van der Waals surface area contributed by atoms with E-state index in [1.807, 2.05) is 0 Å². The lowest BCUT2D eigenvalue weighted by Gasteiger charge is -2.19. The Balaban J connectivity index is 1.83. The highest BCUT2D eigenvalue weighted by Crippen LogP contribution is 2.17. The van der Waals surface area contributed by atoms with Crippen molar-refractivity contribution in [2.24, 2.45) is 7.05 Å². The first-order valence-electron chi connectivity index (χ1n) is 6.97. The standard InChI is InChI=1S/C15H21N3/c1-17-14-9-5-4-8-13(14)16-15(17)12-18-10-6-2-3-7-11-18/h4-5,8-9H,2-3,6-7,10-12H2,1H3. The lowest BCUT2D eigenvalue weighted by Crippen LogP contribution is -2.25. The average Bonchev–Trinajstić information content (AvgIpc) is 2.58. The fourth-order valence-corrected chi connectivity index (χ4v) is 2.83. The molecule has 1 aromatic carbocycles. The molecule has 3 nitrogen and oxygen atoms in total. The van der Waals surface area contributed by atoms with E-state index >= 15 is 0 Å². The Labute approximate surface area is 108 Å². The van der Waals surface area contributed by atoms with Gasteiger partial charge in [-0.25, -0.2) is 4.98 Å². The van der Waals surface area contributed by atoms with Crippen LogP contribution in [0.1, 0.15) is 31.5 Å². The second-order valence-electron chi connectivity index (χ2n) is 5.27. The summed E-state index contributed by atoms with van der Waals surface area (Å²) in [7, 11) is 2.13. The highest BCUT2D eigenvalue weighted by Gasteiger charge is 2.13. The summed E-state index contributed by atoms with van der Waals surface area (Å²) < 4.78 is 2.24. The van der Waals surface area contributed by atoms with Gasteiger partial charge in [0.05, 0.1) is 17.6 Å². The minimum absolute atomic E-state index is 0.991. The van der Waals surface area contributed by atoms with E-state index in [2.05, 4.69) is 40.8 Å². The first kappa shape index (κ1) is 11.7. The Hall–Kier alpha value is -1.35. The van der Waals surface area contributed by atoms with Gasteiger partial charge < -0.3 is 4.57 Å². The van der Waals surface area contributed by atoms with E-state index in [0.717, 1.165) is 12.1 Å². The maximum Gasteiger partial charge on any atom is 0.123 e. The van der Waals surface area contributed by atoms with Gasteiger partial charge >= 0.3 is 0 Å². The number of nitrogens with zero attached hydrogens (tertiary/aromatic N) is 3. The number of likely N-dealkylation sites (tertiary alicyclic amines) is 1. The van der Waals surface area contributed by atoms with Crippen LogP contribution in [-0.4, -0.2) is 27.5 Å². The SMILES string of the molecule is Cn1c(CN2CCCCCC2)nc2ccccc21. The van der Waals surface area contributed by atoms with E-state index in [9.17, 15) is 0 Å². The maximum atomic E-state index is 4.76. The topological polar surface area (TPSA) is 21.1 Å². The Morgan fingerprint density at radius 3 is 2.50 bits per heavy atom. The van der Waals surface area contributed by atoms with Gasteiger partial charge in [-0.15, -0.1) is 0 Å². The third kappa shape index (κ3) is 2.27. The van der Waals surface area contributed by atoms with Gasteiger partial charge in [-0.3, -0.25) is 4.90 Å². The monoisotopic (exact) mass is 243 g/mol. The van der Waals surface area contributed by atoms with E-state index in [-0.39, 0.29) is 0 Å². The predicted octanol–water partition coefficient (Wildman–Crippen LogP) is 2.95. The first-order valence-corrected chi connectivity index (χ1v) is 6.97. The van der Waals surface area contributed by atoms with Crippen LogP contribution in [0.2, 0.25) is 0 Å². The summed E-state index contributed by atoms with van der Waals surface area (Å²) in [5, 5.41) is 0. The molecule has 1 aliphatic rings. The smallest absolute Gasteiger partial charge is 0.123 e. The molecule has 3 heteroatoms. The van der Waals surface area contributed by atoms with E-state index in [1.54, 1.807) is 0 Å². The van der Waals surface area contributed by atoms with Crippen LogP contribution in [0.15, 0.2) is 24.3 Å². The van der Waals surface area contributed by atoms with Crippen LogP contribution in [0.25, 0.3) is 11.0 Å². The minimum atomic E-state index is 0.991. The lowest BCUT2D eigenvalue weighted by atomic mass is 10.2. The molecule has 0 amide bonds. The van der Waals surface area contributed by atoms with E-state index in [1.165, 1.54) is 50.1 Å². The largest absolute Gasteiger partial charge is 0.330 e. The van der Waals surface area contributed by atoms with Gasteiger partial charge in [-0.1, -0.05) is 25.0 Å². The van der Waals surface area contributed by atoms with Crippen LogP contribution >= 0.6 is 0 Å². The summed E-state index contributed by atoms with van der Waals surface area (Å²) in [6.07, 6.45) is 5.45. The third-order valence-electron chi connectivity index (χ3n) is 3.94. The molecule has 3 rings (SSSR count). The summed E-state index contributed by atoms with van der Waals surface area (Å²) >= 11 is 0. The number of fused-ring (bicyclic) bond motifs is 1. The Morgan fingerprint density at radius 2 is 1.78 bits per heavy atom. The summed E-state index contributed by atoms with van der Waals surface area (Å²) in [6.45, 7) is 3.44. The van der Waals surface area contributed by atoms with Gasteiger partial charge in [0.25, 0.3) is 0 Å². The zero-order valence-electron chi connectivity index (χ0n) is 11.1. The number of imidazole rings is 1. The molecule has 0 N–H and O–H groups in total.